The molecule has 2 N–H and O–H groups in total. The molecule has 0 radical (unpaired) electrons. The number of rotatable bonds is 4. The molecule has 0 fully saturated rings. The maximum atomic E-state index is 11.0. The van der Waals surface area contributed by atoms with Gasteiger partial charge in [0.2, 0.25) is 0 Å². The van der Waals surface area contributed by atoms with E-state index in [9.17, 15) is 8.42 Å². The minimum absolute atomic E-state index is 0.441. The zero-order valence-corrected chi connectivity index (χ0v) is 8.21. The topological polar surface area (TPSA) is 70.2 Å². The first-order valence-electron chi connectivity index (χ1n) is 4.14. The fourth-order valence-corrected chi connectivity index (χ4v) is 2.31. The van der Waals surface area contributed by atoms with Crippen LogP contribution in [0.15, 0.2) is 18.5 Å². The van der Waals surface area contributed by atoms with E-state index < -0.39 is 15.4 Å². The van der Waals surface area contributed by atoms with Crippen LogP contribution in [-0.4, -0.2) is 18.0 Å². The van der Waals surface area contributed by atoms with Crippen LogP contribution in [0.4, 0.5) is 0 Å². The standard InChI is InChI=1S/C8H13NO3S/c1-2-3-8(13(10,11)12)7-4-5-9-6-7/h4-6,8-9H,2-3H2,1H3,(H,10,11,12). The number of nitrogens with one attached hydrogen (secondary N) is 1. The Morgan fingerprint density at radius 3 is 2.69 bits per heavy atom. The van der Waals surface area contributed by atoms with E-state index in [4.69, 9.17) is 4.55 Å². The SMILES string of the molecule is CCCC(c1cc[nH]c1)S(=O)(=O)O. The summed E-state index contributed by atoms with van der Waals surface area (Å²) in [6.07, 6.45) is 4.39. The first-order chi connectivity index (χ1) is 6.05. The van der Waals surface area contributed by atoms with E-state index in [0.717, 1.165) is 6.42 Å². The third-order valence-corrected chi connectivity index (χ3v) is 3.13. The van der Waals surface area contributed by atoms with Gasteiger partial charge in [-0.05, 0) is 18.1 Å². The van der Waals surface area contributed by atoms with Gasteiger partial charge in [-0.2, -0.15) is 8.42 Å². The predicted molar refractivity (Wildman–Crippen MR) is 50.0 cm³/mol. The molecule has 1 atom stereocenters. The summed E-state index contributed by atoms with van der Waals surface area (Å²) in [4.78, 5) is 2.77. The van der Waals surface area contributed by atoms with Gasteiger partial charge >= 0.3 is 0 Å². The van der Waals surface area contributed by atoms with E-state index in [0.29, 0.717) is 12.0 Å². The lowest BCUT2D eigenvalue weighted by Crippen LogP contribution is -2.11. The molecule has 0 bridgehead atoms. The second-order valence-electron chi connectivity index (χ2n) is 2.94. The summed E-state index contributed by atoms with van der Waals surface area (Å²) in [6, 6.07) is 1.66. The molecule has 0 aliphatic rings. The molecular weight excluding hydrogens is 190 g/mol. The molecule has 1 aromatic heterocycles. The van der Waals surface area contributed by atoms with Crippen molar-refractivity contribution >= 4 is 10.1 Å². The largest absolute Gasteiger partial charge is 0.367 e. The van der Waals surface area contributed by atoms with Gasteiger partial charge in [0.25, 0.3) is 10.1 Å². The van der Waals surface area contributed by atoms with Crippen LogP contribution in [0.5, 0.6) is 0 Å². The van der Waals surface area contributed by atoms with Crippen molar-refractivity contribution in [2.75, 3.05) is 0 Å². The van der Waals surface area contributed by atoms with Crippen molar-refractivity contribution in [3.63, 3.8) is 0 Å². The molecule has 74 valence electrons. The third kappa shape index (κ3) is 2.57. The smallest absolute Gasteiger partial charge is 0.272 e. The molecule has 5 heteroatoms. The van der Waals surface area contributed by atoms with Crippen molar-refractivity contribution in [2.24, 2.45) is 0 Å². The van der Waals surface area contributed by atoms with Crippen LogP contribution in [0.2, 0.25) is 0 Å². The van der Waals surface area contributed by atoms with Crippen LogP contribution in [0.1, 0.15) is 30.6 Å². The van der Waals surface area contributed by atoms with Gasteiger partial charge in [0.05, 0.1) is 0 Å². The number of aromatic amines is 1. The third-order valence-electron chi connectivity index (χ3n) is 1.90. The van der Waals surface area contributed by atoms with E-state index in [1.807, 2.05) is 6.92 Å². The van der Waals surface area contributed by atoms with Gasteiger partial charge in [-0.25, -0.2) is 0 Å². The van der Waals surface area contributed by atoms with Crippen molar-refractivity contribution in [3.05, 3.63) is 24.0 Å². The van der Waals surface area contributed by atoms with Crippen LogP contribution in [0.3, 0.4) is 0 Å². The van der Waals surface area contributed by atoms with Crippen LogP contribution >= 0.6 is 0 Å². The van der Waals surface area contributed by atoms with Crippen LogP contribution in [-0.2, 0) is 10.1 Å². The van der Waals surface area contributed by atoms with Crippen LogP contribution in [0, 0.1) is 0 Å². The van der Waals surface area contributed by atoms with Crippen LogP contribution in [0.25, 0.3) is 0 Å². The van der Waals surface area contributed by atoms with Gasteiger partial charge in [0.15, 0.2) is 0 Å². The average molecular weight is 203 g/mol. The number of hydrogen-bond donors (Lipinski definition) is 2. The Kier molecular flexibility index (Phi) is 3.11. The highest BCUT2D eigenvalue weighted by Gasteiger charge is 2.23. The Labute approximate surface area is 77.7 Å². The van der Waals surface area contributed by atoms with Crippen molar-refractivity contribution in [1.82, 2.24) is 4.98 Å². The Hall–Kier alpha value is -0.810. The molecular formula is C8H13NO3S. The summed E-state index contributed by atoms with van der Waals surface area (Å²) in [6.45, 7) is 1.88. The molecule has 13 heavy (non-hydrogen) atoms. The Morgan fingerprint density at radius 2 is 2.31 bits per heavy atom. The number of H-pyrrole nitrogens is 1. The molecule has 1 rings (SSSR count). The van der Waals surface area contributed by atoms with Gasteiger partial charge in [0, 0.05) is 12.4 Å². The molecule has 4 nitrogen and oxygen atoms in total. The molecule has 0 aliphatic heterocycles. The summed E-state index contributed by atoms with van der Waals surface area (Å²) in [5.74, 6) is 0. The zero-order chi connectivity index (χ0) is 9.90. The van der Waals surface area contributed by atoms with Crippen LogP contribution < -0.4 is 0 Å². The van der Waals surface area contributed by atoms with Gasteiger partial charge in [-0.3, -0.25) is 4.55 Å². The highest BCUT2D eigenvalue weighted by atomic mass is 32.2. The fraction of sp³-hybridized carbons (Fsp3) is 0.500. The second kappa shape index (κ2) is 3.93. The predicted octanol–water partition coefficient (Wildman–Crippen LogP) is 1.74. The highest BCUT2D eigenvalue weighted by molar-refractivity contribution is 7.86. The van der Waals surface area contributed by atoms with Gasteiger partial charge in [-0.1, -0.05) is 13.3 Å². The molecule has 1 heterocycles. The summed E-state index contributed by atoms with van der Waals surface area (Å²) >= 11 is 0. The fourth-order valence-electron chi connectivity index (χ4n) is 1.29. The Bertz CT molecular complexity index is 341. The van der Waals surface area contributed by atoms with Crippen molar-refractivity contribution in [3.8, 4) is 0 Å². The summed E-state index contributed by atoms with van der Waals surface area (Å²) in [5, 5.41) is -0.788. The average Bonchev–Trinajstić information content (AvgIpc) is 2.49. The summed E-state index contributed by atoms with van der Waals surface area (Å²) in [7, 11) is -3.97. The van der Waals surface area contributed by atoms with E-state index in [-0.39, 0.29) is 0 Å². The highest BCUT2D eigenvalue weighted by Crippen LogP contribution is 2.25. The second-order valence-corrected chi connectivity index (χ2v) is 4.54. The van der Waals surface area contributed by atoms with Crippen molar-refractivity contribution in [1.29, 1.82) is 0 Å². The first kappa shape index (κ1) is 10.3. The normalized spacial score (nSPS) is 14.3. The first-order valence-corrected chi connectivity index (χ1v) is 5.65. The van der Waals surface area contributed by atoms with Gasteiger partial charge in [-0.15, -0.1) is 0 Å². The van der Waals surface area contributed by atoms with Gasteiger partial charge < -0.3 is 4.98 Å². The number of hydrogen-bond acceptors (Lipinski definition) is 2. The van der Waals surface area contributed by atoms with E-state index in [1.165, 1.54) is 0 Å². The minimum Gasteiger partial charge on any atom is -0.367 e. The monoisotopic (exact) mass is 203 g/mol. The quantitative estimate of drug-likeness (QED) is 0.732. The lowest BCUT2D eigenvalue weighted by atomic mass is 10.1. The van der Waals surface area contributed by atoms with E-state index in [2.05, 4.69) is 4.98 Å². The maximum absolute atomic E-state index is 11.0. The lowest BCUT2D eigenvalue weighted by Gasteiger charge is -2.10. The number of aromatic nitrogens is 1. The molecule has 0 saturated heterocycles. The van der Waals surface area contributed by atoms with Crippen molar-refractivity contribution in [2.45, 2.75) is 25.0 Å². The summed E-state index contributed by atoms with van der Waals surface area (Å²) in [5.41, 5.74) is 0.615. The Morgan fingerprint density at radius 1 is 1.62 bits per heavy atom. The van der Waals surface area contributed by atoms with Gasteiger partial charge in [0.1, 0.15) is 5.25 Å². The Balaban J connectivity index is 2.94. The summed E-state index contributed by atoms with van der Waals surface area (Å²) < 4.78 is 30.9. The molecule has 0 saturated carbocycles. The zero-order valence-electron chi connectivity index (χ0n) is 7.40. The molecule has 1 aromatic rings. The molecule has 0 aromatic carbocycles. The lowest BCUT2D eigenvalue weighted by molar-refractivity contribution is 0.463. The van der Waals surface area contributed by atoms with E-state index in [1.54, 1.807) is 18.5 Å². The van der Waals surface area contributed by atoms with E-state index >= 15 is 0 Å². The molecule has 0 aliphatic carbocycles. The maximum Gasteiger partial charge on any atom is 0.272 e. The minimum atomic E-state index is -3.97. The van der Waals surface area contributed by atoms with Crippen molar-refractivity contribution < 1.29 is 13.0 Å². The molecule has 0 amide bonds. The molecule has 0 spiro atoms. The molecule has 1 unspecified atom stereocenters.